The molecule has 1 aliphatic heterocycles. The molecule has 0 spiro atoms. The van der Waals surface area contributed by atoms with E-state index < -0.39 is 0 Å². The molecule has 0 amide bonds. The van der Waals surface area contributed by atoms with Gasteiger partial charge in [-0.1, -0.05) is 13.3 Å². The van der Waals surface area contributed by atoms with Crippen molar-refractivity contribution in [3.8, 4) is 0 Å². The molecule has 2 heteroatoms. The van der Waals surface area contributed by atoms with E-state index in [1.165, 1.54) is 29.9 Å². The first kappa shape index (κ1) is 9.59. The maximum atomic E-state index is 2.39. The minimum absolute atomic E-state index is 0.685. The molecule has 1 heterocycles. The molecule has 2 atom stereocenters. The van der Waals surface area contributed by atoms with E-state index in [1.54, 1.807) is 0 Å². The summed E-state index contributed by atoms with van der Waals surface area (Å²) in [5, 5.41) is 0. The van der Waals surface area contributed by atoms with Gasteiger partial charge in [-0.25, -0.2) is 0 Å². The summed E-state index contributed by atoms with van der Waals surface area (Å²) in [5.41, 5.74) is 1.41. The fourth-order valence-corrected chi connectivity index (χ4v) is 1.90. The van der Waals surface area contributed by atoms with E-state index in [1.807, 2.05) is 0 Å². The van der Waals surface area contributed by atoms with Gasteiger partial charge in [0.2, 0.25) is 0 Å². The topological polar surface area (TPSA) is 7.68 Å². The van der Waals surface area contributed by atoms with Crippen LogP contribution >= 0.6 is 0 Å². The third kappa shape index (κ3) is 1.81. The largest absolute Gasteiger partial charge is 0.325 e. The van der Waals surface area contributed by atoms with Gasteiger partial charge in [0.05, 0.1) is 12.7 Å². The van der Waals surface area contributed by atoms with Gasteiger partial charge in [0.15, 0.2) is 6.17 Å². The van der Waals surface area contributed by atoms with Crippen LogP contribution in [-0.4, -0.2) is 25.2 Å². The van der Waals surface area contributed by atoms with Crippen molar-refractivity contribution in [2.45, 2.75) is 39.3 Å². The van der Waals surface area contributed by atoms with Crippen molar-refractivity contribution in [2.75, 3.05) is 14.1 Å². The monoisotopic (exact) mass is 169 g/mol. The lowest BCUT2D eigenvalue weighted by atomic mass is 10.2. The van der Waals surface area contributed by atoms with Crippen LogP contribution in [0.5, 0.6) is 0 Å². The molecule has 0 fully saturated rings. The summed E-state index contributed by atoms with van der Waals surface area (Å²) in [6.07, 6.45) is 6.95. The lowest BCUT2D eigenvalue weighted by Crippen LogP contribution is -3.08. The highest BCUT2D eigenvalue weighted by molar-refractivity contribution is 4.95. The highest BCUT2D eigenvalue weighted by Gasteiger charge is 2.28. The smallest absolute Gasteiger partial charge is 0.166 e. The van der Waals surface area contributed by atoms with Crippen LogP contribution in [0.1, 0.15) is 33.1 Å². The number of rotatable bonds is 3. The van der Waals surface area contributed by atoms with Crippen LogP contribution in [0, 0.1) is 0 Å². The third-order valence-electron chi connectivity index (χ3n) is 2.82. The molecule has 1 aliphatic rings. The Balaban J connectivity index is 2.46. The molecule has 12 heavy (non-hydrogen) atoms. The Morgan fingerprint density at radius 1 is 1.58 bits per heavy atom. The van der Waals surface area contributed by atoms with E-state index in [2.05, 4.69) is 39.0 Å². The van der Waals surface area contributed by atoms with Gasteiger partial charge in [0, 0.05) is 13.5 Å². The van der Waals surface area contributed by atoms with Gasteiger partial charge in [-0.05, 0) is 13.3 Å². The van der Waals surface area contributed by atoms with Crippen LogP contribution in [0.25, 0.3) is 0 Å². The summed E-state index contributed by atoms with van der Waals surface area (Å²) in [5.74, 6) is 0. The zero-order valence-corrected chi connectivity index (χ0v) is 8.72. The second-order valence-electron chi connectivity index (χ2n) is 3.80. The van der Waals surface area contributed by atoms with E-state index in [4.69, 9.17) is 0 Å². The molecule has 2 nitrogen and oxygen atoms in total. The number of quaternary nitrogens is 1. The Morgan fingerprint density at radius 3 is 2.67 bits per heavy atom. The van der Waals surface area contributed by atoms with E-state index >= 15 is 0 Å². The SMILES string of the molecule is CCCCC1N(C)C(C)=C[NH+]1C. The van der Waals surface area contributed by atoms with Gasteiger partial charge in [-0.2, -0.15) is 0 Å². The van der Waals surface area contributed by atoms with E-state index in [9.17, 15) is 0 Å². The van der Waals surface area contributed by atoms with Crippen molar-refractivity contribution in [1.82, 2.24) is 4.90 Å². The summed E-state index contributed by atoms with van der Waals surface area (Å²) in [7, 11) is 4.44. The second kappa shape index (κ2) is 3.94. The molecule has 0 saturated carbocycles. The molecule has 2 unspecified atom stereocenters. The van der Waals surface area contributed by atoms with Crippen molar-refractivity contribution in [2.24, 2.45) is 0 Å². The van der Waals surface area contributed by atoms with Crippen LogP contribution in [0.15, 0.2) is 11.9 Å². The van der Waals surface area contributed by atoms with E-state index in [0.717, 1.165) is 0 Å². The van der Waals surface area contributed by atoms with Crippen molar-refractivity contribution in [3.63, 3.8) is 0 Å². The number of unbranched alkanes of at least 4 members (excludes halogenated alkanes) is 1. The maximum absolute atomic E-state index is 2.39. The molecule has 70 valence electrons. The fourth-order valence-electron chi connectivity index (χ4n) is 1.90. The molecule has 0 aromatic rings. The zero-order chi connectivity index (χ0) is 9.14. The van der Waals surface area contributed by atoms with Crippen LogP contribution in [0.2, 0.25) is 0 Å². The molecule has 0 saturated heterocycles. The predicted octanol–water partition coefficient (Wildman–Crippen LogP) is 0.824. The summed E-state index contributed by atoms with van der Waals surface area (Å²) in [6.45, 7) is 4.44. The Kier molecular flexibility index (Phi) is 3.15. The highest BCUT2D eigenvalue weighted by atomic mass is 15.4. The zero-order valence-electron chi connectivity index (χ0n) is 8.72. The average Bonchev–Trinajstić information content (AvgIpc) is 2.25. The van der Waals surface area contributed by atoms with Crippen molar-refractivity contribution >= 4 is 0 Å². The van der Waals surface area contributed by atoms with Crippen LogP contribution in [0.3, 0.4) is 0 Å². The molecule has 0 radical (unpaired) electrons. The third-order valence-corrected chi connectivity index (χ3v) is 2.82. The summed E-state index contributed by atoms with van der Waals surface area (Å²) in [4.78, 5) is 3.92. The first-order chi connectivity index (χ1) is 5.66. The van der Waals surface area contributed by atoms with Crippen molar-refractivity contribution in [1.29, 1.82) is 0 Å². The van der Waals surface area contributed by atoms with Crippen molar-refractivity contribution < 1.29 is 4.90 Å². The first-order valence-corrected chi connectivity index (χ1v) is 4.91. The Morgan fingerprint density at radius 2 is 2.25 bits per heavy atom. The molecule has 0 aromatic carbocycles. The second-order valence-corrected chi connectivity index (χ2v) is 3.80. The average molecular weight is 169 g/mol. The molecule has 1 rings (SSSR count). The van der Waals surface area contributed by atoms with Gasteiger partial charge >= 0.3 is 0 Å². The fraction of sp³-hybridized carbons (Fsp3) is 0.800. The summed E-state index contributed by atoms with van der Waals surface area (Å²) < 4.78 is 0. The van der Waals surface area contributed by atoms with Crippen LogP contribution < -0.4 is 4.90 Å². The Hall–Kier alpha value is -0.500. The molecular formula is C10H21N2+. The van der Waals surface area contributed by atoms with E-state index in [-0.39, 0.29) is 0 Å². The summed E-state index contributed by atoms with van der Waals surface area (Å²) >= 11 is 0. The van der Waals surface area contributed by atoms with Gasteiger partial charge in [0.1, 0.15) is 6.20 Å². The van der Waals surface area contributed by atoms with Crippen LogP contribution in [0.4, 0.5) is 0 Å². The lowest BCUT2D eigenvalue weighted by molar-refractivity contribution is -0.857. The standard InChI is InChI=1S/C10H20N2/c1-5-6-7-10-11(3)8-9(2)12(10)4/h8,10H,5-7H2,1-4H3/p+1. The number of nitrogens with zero attached hydrogens (tertiary/aromatic N) is 1. The molecule has 0 aromatic heterocycles. The minimum atomic E-state index is 0.685. The maximum Gasteiger partial charge on any atom is 0.166 e. The normalized spacial score (nSPS) is 29.3. The summed E-state index contributed by atoms with van der Waals surface area (Å²) in [6, 6.07) is 0. The molecular weight excluding hydrogens is 148 g/mol. The first-order valence-electron chi connectivity index (χ1n) is 4.91. The quantitative estimate of drug-likeness (QED) is 0.657. The molecule has 0 aliphatic carbocycles. The highest BCUT2D eigenvalue weighted by Crippen LogP contribution is 2.11. The molecule has 0 bridgehead atoms. The van der Waals surface area contributed by atoms with Gasteiger partial charge in [-0.15, -0.1) is 0 Å². The van der Waals surface area contributed by atoms with Gasteiger partial charge < -0.3 is 4.90 Å². The van der Waals surface area contributed by atoms with Gasteiger partial charge in [0.25, 0.3) is 0 Å². The number of allylic oxidation sites excluding steroid dienone is 1. The van der Waals surface area contributed by atoms with Crippen molar-refractivity contribution in [3.05, 3.63) is 11.9 Å². The number of nitrogens with one attached hydrogen (secondary N) is 1. The van der Waals surface area contributed by atoms with Gasteiger partial charge in [-0.3, -0.25) is 4.90 Å². The Bertz CT molecular complexity index is 175. The van der Waals surface area contributed by atoms with E-state index in [0.29, 0.717) is 6.17 Å². The Labute approximate surface area is 75.8 Å². The number of hydrogen-bond acceptors (Lipinski definition) is 1. The number of hydrogen-bond donors (Lipinski definition) is 1. The lowest BCUT2D eigenvalue weighted by Gasteiger charge is -2.23. The van der Waals surface area contributed by atoms with Crippen LogP contribution in [-0.2, 0) is 0 Å². The minimum Gasteiger partial charge on any atom is -0.325 e. The molecule has 1 N–H and O–H groups in total. The predicted molar refractivity (Wildman–Crippen MR) is 51.7 cm³/mol.